The molecule has 0 saturated heterocycles. The van der Waals surface area contributed by atoms with Crippen LogP contribution in [0.5, 0.6) is 0 Å². The summed E-state index contributed by atoms with van der Waals surface area (Å²) < 4.78 is 13.4. The van der Waals surface area contributed by atoms with Gasteiger partial charge in [0.1, 0.15) is 5.82 Å². The van der Waals surface area contributed by atoms with Gasteiger partial charge in [-0.1, -0.05) is 38.5 Å². The lowest BCUT2D eigenvalue weighted by molar-refractivity contribution is 0.416. The standard InChI is InChI=1S/C17H22FNS/c1-3-7-16(17-10-6-11-20-17)19-15(4-2)13-8-5-9-14(18)12-13/h5-6,8-12,15-16,19H,3-4,7H2,1-2H3. The zero-order valence-corrected chi connectivity index (χ0v) is 12.9. The minimum absolute atomic E-state index is 0.161. The molecule has 2 aromatic rings. The molecule has 0 radical (unpaired) electrons. The third-order valence-corrected chi connectivity index (χ3v) is 4.51. The summed E-state index contributed by atoms with van der Waals surface area (Å²) in [6.07, 6.45) is 3.19. The summed E-state index contributed by atoms with van der Waals surface area (Å²) >= 11 is 1.79. The predicted octanol–water partition coefficient (Wildman–Crippen LogP) is 5.47. The quantitative estimate of drug-likeness (QED) is 0.713. The van der Waals surface area contributed by atoms with Crippen LogP contribution in [-0.2, 0) is 0 Å². The Morgan fingerprint density at radius 3 is 2.60 bits per heavy atom. The predicted molar refractivity (Wildman–Crippen MR) is 84.5 cm³/mol. The van der Waals surface area contributed by atoms with Gasteiger partial charge in [0, 0.05) is 17.0 Å². The molecule has 2 rings (SSSR count). The van der Waals surface area contributed by atoms with E-state index in [4.69, 9.17) is 0 Å². The second-order valence-electron chi connectivity index (χ2n) is 5.04. The van der Waals surface area contributed by atoms with E-state index >= 15 is 0 Å². The van der Waals surface area contributed by atoms with Gasteiger partial charge in [0.15, 0.2) is 0 Å². The molecule has 1 heterocycles. The molecule has 20 heavy (non-hydrogen) atoms. The van der Waals surface area contributed by atoms with Crippen LogP contribution in [-0.4, -0.2) is 0 Å². The fourth-order valence-electron chi connectivity index (χ4n) is 2.50. The molecule has 0 fully saturated rings. The van der Waals surface area contributed by atoms with Gasteiger partial charge in [-0.2, -0.15) is 0 Å². The van der Waals surface area contributed by atoms with Crippen molar-refractivity contribution in [2.24, 2.45) is 0 Å². The van der Waals surface area contributed by atoms with E-state index < -0.39 is 0 Å². The Morgan fingerprint density at radius 2 is 2.00 bits per heavy atom. The number of hydrogen-bond donors (Lipinski definition) is 1. The Hall–Kier alpha value is -1.19. The van der Waals surface area contributed by atoms with Crippen LogP contribution in [0.25, 0.3) is 0 Å². The van der Waals surface area contributed by atoms with Crippen LogP contribution < -0.4 is 5.32 Å². The molecule has 0 aliphatic carbocycles. The third-order valence-electron chi connectivity index (χ3n) is 3.53. The first kappa shape index (κ1) is 15.2. The molecule has 3 heteroatoms. The minimum Gasteiger partial charge on any atom is -0.302 e. The van der Waals surface area contributed by atoms with Crippen molar-refractivity contribution in [3.8, 4) is 0 Å². The topological polar surface area (TPSA) is 12.0 Å². The fourth-order valence-corrected chi connectivity index (χ4v) is 3.32. The Kier molecular flexibility index (Phi) is 5.74. The number of nitrogens with one attached hydrogen (secondary N) is 1. The molecular weight excluding hydrogens is 269 g/mol. The van der Waals surface area contributed by atoms with E-state index in [0.717, 1.165) is 24.8 Å². The van der Waals surface area contributed by atoms with Crippen LogP contribution in [0.2, 0.25) is 0 Å². The number of halogens is 1. The lowest BCUT2D eigenvalue weighted by atomic mass is 10.0. The largest absolute Gasteiger partial charge is 0.302 e. The van der Waals surface area contributed by atoms with Gasteiger partial charge in [0.2, 0.25) is 0 Å². The summed E-state index contributed by atoms with van der Waals surface area (Å²) in [5.41, 5.74) is 1.03. The highest BCUT2D eigenvalue weighted by Gasteiger charge is 2.17. The summed E-state index contributed by atoms with van der Waals surface area (Å²) in [6.45, 7) is 4.34. The summed E-state index contributed by atoms with van der Waals surface area (Å²) in [4.78, 5) is 1.36. The van der Waals surface area contributed by atoms with E-state index in [1.54, 1.807) is 23.5 Å². The first-order valence-electron chi connectivity index (χ1n) is 7.29. The maximum Gasteiger partial charge on any atom is 0.123 e. The van der Waals surface area contributed by atoms with Crippen LogP contribution in [0.4, 0.5) is 4.39 Å². The molecule has 0 aliphatic heterocycles. The zero-order chi connectivity index (χ0) is 14.4. The Bertz CT molecular complexity index is 509. The van der Waals surface area contributed by atoms with E-state index in [1.165, 1.54) is 10.9 Å². The first-order chi connectivity index (χ1) is 9.74. The SMILES string of the molecule is CCCC(NC(CC)c1cccc(F)c1)c1cccs1. The van der Waals surface area contributed by atoms with Crippen molar-refractivity contribution >= 4 is 11.3 Å². The number of benzene rings is 1. The van der Waals surface area contributed by atoms with Crippen molar-refractivity contribution in [1.82, 2.24) is 5.32 Å². The monoisotopic (exact) mass is 291 g/mol. The molecular formula is C17H22FNS. The molecule has 2 atom stereocenters. The molecule has 0 spiro atoms. The fraction of sp³-hybridized carbons (Fsp3) is 0.412. The Morgan fingerprint density at radius 1 is 1.15 bits per heavy atom. The van der Waals surface area contributed by atoms with E-state index in [9.17, 15) is 4.39 Å². The second kappa shape index (κ2) is 7.55. The van der Waals surface area contributed by atoms with E-state index in [2.05, 4.69) is 36.7 Å². The van der Waals surface area contributed by atoms with Gasteiger partial charge in [-0.05, 0) is 42.0 Å². The average Bonchev–Trinajstić information content (AvgIpc) is 2.97. The van der Waals surface area contributed by atoms with Gasteiger partial charge in [-0.15, -0.1) is 11.3 Å². The number of hydrogen-bond acceptors (Lipinski definition) is 2. The summed E-state index contributed by atoms with van der Waals surface area (Å²) in [6, 6.07) is 11.7. The zero-order valence-electron chi connectivity index (χ0n) is 12.1. The van der Waals surface area contributed by atoms with Crippen molar-refractivity contribution in [2.75, 3.05) is 0 Å². The van der Waals surface area contributed by atoms with Gasteiger partial charge in [0.25, 0.3) is 0 Å². The number of thiophene rings is 1. The van der Waals surface area contributed by atoms with Crippen LogP contribution >= 0.6 is 11.3 Å². The van der Waals surface area contributed by atoms with E-state index in [1.807, 2.05) is 6.07 Å². The van der Waals surface area contributed by atoms with Gasteiger partial charge < -0.3 is 5.32 Å². The Balaban J connectivity index is 2.15. The van der Waals surface area contributed by atoms with Gasteiger partial charge >= 0.3 is 0 Å². The smallest absolute Gasteiger partial charge is 0.123 e. The van der Waals surface area contributed by atoms with Crippen LogP contribution in [0.1, 0.15) is 55.6 Å². The first-order valence-corrected chi connectivity index (χ1v) is 8.17. The third kappa shape index (κ3) is 3.90. The van der Waals surface area contributed by atoms with Crippen LogP contribution in [0.3, 0.4) is 0 Å². The average molecular weight is 291 g/mol. The molecule has 1 aromatic heterocycles. The molecule has 0 aliphatic rings. The maximum atomic E-state index is 13.4. The summed E-state index contributed by atoms with van der Waals surface area (Å²) in [5, 5.41) is 5.81. The highest BCUT2D eigenvalue weighted by molar-refractivity contribution is 7.10. The lowest BCUT2D eigenvalue weighted by Crippen LogP contribution is -2.25. The molecule has 1 N–H and O–H groups in total. The van der Waals surface area contributed by atoms with Crippen LogP contribution in [0, 0.1) is 5.82 Å². The highest BCUT2D eigenvalue weighted by Crippen LogP contribution is 2.28. The molecule has 0 bridgehead atoms. The van der Waals surface area contributed by atoms with Gasteiger partial charge in [-0.25, -0.2) is 4.39 Å². The summed E-state index contributed by atoms with van der Waals surface area (Å²) in [5.74, 6) is -0.161. The molecule has 0 amide bonds. The molecule has 1 aromatic carbocycles. The van der Waals surface area contributed by atoms with Crippen LogP contribution in [0.15, 0.2) is 41.8 Å². The minimum atomic E-state index is -0.161. The lowest BCUT2D eigenvalue weighted by Gasteiger charge is -2.24. The van der Waals surface area contributed by atoms with Crippen molar-refractivity contribution < 1.29 is 4.39 Å². The van der Waals surface area contributed by atoms with Crippen molar-refractivity contribution in [3.05, 3.63) is 58.0 Å². The van der Waals surface area contributed by atoms with Crippen molar-refractivity contribution in [3.63, 3.8) is 0 Å². The van der Waals surface area contributed by atoms with Gasteiger partial charge in [-0.3, -0.25) is 0 Å². The maximum absolute atomic E-state index is 13.4. The highest BCUT2D eigenvalue weighted by atomic mass is 32.1. The summed E-state index contributed by atoms with van der Waals surface area (Å²) in [7, 11) is 0. The molecule has 108 valence electrons. The number of rotatable bonds is 7. The Labute approximate surface area is 124 Å². The van der Waals surface area contributed by atoms with Crippen molar-refractivity contribution in [2.45, 2.75) is 45.2 Å². The van der Waals surface area contributed by atoms with Gasteiger partial charge in [0.05, 0.1) is 0 Å². The van der Waals surface area contributed by atoms with Crippen molar-refractivity contribution in [1.29, 1.82) is 0 Å². The second-order valence-corrected chi connectivity index (χ2v) is 6.02. The molecule has 0 saturated carbocycles. The normalized spacial score (nSPS) is 14.2. The van der Waals surface area contributed by atoms with E-state index in [-0.39, 0.29) is 11.9 Å². The van der Waals surface area contributed by atoms with E-state index in [0.29, 0.717) is 6.04 Å². The molecule has 1 nitrogen and oxygen atoms in total. The molecule has 2 unspecified atom stereocenters.